The molecule has 0 atom stereocenters. The highest BCUT2D eigenvalue weighted by Gasteiger charge is 2.11. The van der Waals surface area contributed by atoms with Crippen LogP contribution in [-0.4, -0.2) is 19.6 Å². The number of nitrogens with one attached hydrogen (secondary N) is 1. The molecule has 1 amide bonds. The highest BCUT2D eigenvalue weighted by atomic mass is 16.5. The van der Waals surface area contributed by atoms with Gasteiger partial charge in [-0.25, -0.2) is 0 Å². The summed E-state index contributed by atoms with van der Waals surface area (Å²) in [6, 6.07) is 13.6. The summed E-state index contributed by atoms with van der Waals surface area (Å²) in [5.74, 6) is 1.61. The van der Waals surface area contributed by atoms with Crippen molar-refractivity contribution in [2.45, 2.75) is 13.0 Å². The molecule has 0 bridgehead atoms. The molecular formula is C19H19NO3. The fourth-order valence-corrected chi connectivity index (χ4v) is 2.51. The van der Waals surface area contributed by atoms with E-state index in [1.807, 2.05) is 42.5 Å². The van der Waals surface area contributed by atoms with E-state index in [2.05, 4.69) is 11.4 Å². The lowest BCUT2D eigenvalue weighted by molar-refractivity contribution is -0.116. The quantitative estimate of drug-likeness (QED) is 0.864. The maximum Gasteiger partial charge on any atom is 0.244 e. The zero-order chi connectivity index (χ0) is 16.1. The first kappa shape index (κ1) is 15.2. The molecule has 4 heteroatoms. The number of amides is 1. The number of rotatable bonds is 5. The first-order chi connectivity index (χ1) is 11.2. The summed E-state index contributed by atoms with van der Waals surface area (Å²) < 4.78 is 10.6. The average molecular weight is 309 g/mol. The van der Waals surface area contributed by atoms with Crippen LogP contribution in [0.5, 0.6) is 11.5 Å². The normalized spacial score (nSPS) is 12.7. The van der Waals surface area contributed by atoms with Crippen LogP contribution in [0, 0.1) is 0 Å². The molecule has 0 saturated carbocycles. The first-order valence-electron chi connectivity index (χ1n) is 7.59. The van der Waals surface area contributed by atoms with Gasteiger partial charge in [-0.05, 0) is 47.0 Å². The zero-order valence-corrected chi connectivity index (χ0v) is 13.0. The van der Waals surface area contributed by atoms with Gasteiger partial charge in [-0.3, -0.25) is 4.79 Å². The van der Waals surface area contributed by atoms with Crippen molar-refractivity contribution >= 4 is 12.0 Å². The largest absolute Gasteiger partial charge is 0.497 e. The van der Waals surface area contributed by atoms with Crippen LogP contribution in [0.2, 0.25) is 0 Å². The van der Waals surface area contributed by atoms with Crippen molar-refractivity contribution in [2.75, 3.05) is 13.7 Å². The molecule has 0 radical (unpaired) electrons. The molecule has 118 valence electrons. The maximum atomic E-state index is 11.9. The Kier molecular flexibility index (Phi) is 4.62. The number of hydrogen-bond donors (Lipinski definition) is 1. The molecule has 1 aliphatic rings. The van der Waals surface area contributed by atoms with Crippen LogP contribution in [0.15, 0.2) is 48.5 Å². The highest BCUT2D eigenvalue weighted by molar-refractivity contribution is 5.91. The topological polar surface area (TPSA) is 47.6 Å². The van der Waals surface area contributed by atoms with Crippen LogP contribution in [0.3, 0.4) is 0 Å². The smallest absolute Gasteiger partial charge is 0.244 e. The predicted octanol–water partition coefficient (Wildman–Crippen LogP) is 2.96. The third-order valence-electron chi connectivity index (χ3n) is 3.74. The number of methoxy groups -OCH3 is 1. The van der Waals surface area contributed by atoms with E-state index in [1.54, 1.807) is 13.2 Å². The molecule has 1 aliphatic heterocycles. The summed E-state index contributed by atoms with van der Waals surface area (Å²) in [6.07, 6.45) is 4.30. The minimum absolute atomic E-state index is 0.121. The van der Waals surface area contributed by atoms with E-state index in [0.717, 1.165) is 35.7 Å². The molecular weight excluding hydrogens is 290 g/mol. The van der Waals surface area contributed by atoms with E-state index in [1.165, 1.54) is 5.56 Å². The second-order valence-corrected chi connectivity index (χ2v) is 5.37. The highest BCUT2D eigenvalue weighted by Crippen LogP contribution is 2.26. The summed E-state index contributed by atoms with van der Waals surface area (Å²) in [6.45, 7) is 1.21. The molecule has 0 unspecified atom stereocenters. The Labute approximate surface area is 135 Å². The molecule has 1 heterocycles. The molecule has 0 saturated heterocycles. The SMILES string of the molecule is COc1cccc(CNC(=O)C=Cc2ccc3c(c2)CCO3)c1. The number of carbonyl (C=O) groups is 1. The minimum Gasteiger partial charge on any atom is -0.497 e. The molecule has 0 aromatic heterocycles. The van der Waals surface area contributed by atoms with Crippen LogP contribution in [0.25, 0.3) is 6.08 Å². The Morgan fingerprint density at radius 2 is 2.22 bits per heavy atom. The van der Waals surface area contributed by atoms with Crippen molar-refractivity contribution < 1.29 is 14.3 Å². The van der Waals surface area contributed by atoms with Crippen molar-refractivity contribution in [2.24, 2.45) is 0 Å². The van der Waals surface area contributed by atoms with Gasteiger partial charge < -0.3 is 14.8 Å². The van der Waals surface area contributed by atoms with Gasteiger partial charge in [0, 0.05) is 19.0 Å². The van der Waals surface area contributed by atoms with Gasteiger partial charge in [-0.2, -0.15) is 0 Å². The monoisotopic (exact) mass is 309 g/mol. The van der Waals surface area contributed by atoms with Crippen molar-refractivity contribution in [1.29, 1.82) is 0 Å². The molecule has 1 N–H and O–H groups in total. The van der Waals surface area contributed by atoms with Crippen molar-refractivity contribution in [1.82, 2.24) is 5.32 Å². The fraction of sp³-hybridized carbons (Fsp3) is 0.211. The first-order valence-corrected chi connectivity index (χ1v) is 7.59. The van der Waals surface area contributed by atoms with E-state index in [9.17, 15) is 4.79 Å². The van der Waals surface area contributed by atoms with Gasteiger partial charge in [0.05, 0.1) is 13.7 Å². The number of carbonyl (C=O) groups excluding carboxylic acids is 1. The summed E-state index contributed by atoms with van der Waals surface area (Å²) in [7, 11) is 1.63. The molecule has 2 aromatic carbocycles. The number of fused-ring (bicyclic) bond motifs is 1. The molecule has 0 fully saturated rings. The zero-order valence-electron chi connectivity index (χ0n) is 13.0. The Morgan fingerprint density at radius 1 is 1.30 bits per heavy atom. The van der Waals surface area contributed by atoms with Crippen LogP contribution in [-0.2, 0) is 17.8 Å². The third kappa shape index (κ3) is 3.92. The van der Waals surface area contributed by atoms with Gasteiger partial charge in [-0.1, -0.05) is 18.2 Å². The third-order valence-corrected chi connectivity index (χ3v) is 3.74. The van der Waals surface area contributed by atoms with E-state index < -0.39 is 0 Å². The summed E-state index contributed by atoms with van der Waals surface area (Å²) in [5.41, 5.74) is 3.20. The van der Waals surface area contributed by atoms with Gasteiger partial charge in [-0.15, -0.1) is 0 Å². The van der Waals surface area contributed by atoms with E-state index >= 15 is 0 Å². The van der Waals surface area contributed by atoms with E-state index in [0.29, 0.717) is 6.54 Å². The van der Waals surface area contributed by atoms with Crippen LogP contribution in [0.4, 0.5) is 0 Å². The predicted molar refractivity (Wildman–Crippen MR) is 89.5 cm³/mol. The summed E-state index contributed by atoms with van der Waals surface area (Å²) in [4.78, 5) is 11.9. The number of benzene rings is 2. The van der Waals surface area contributed by atoms with Crippen LogP contribution in [0.1, 0.15) is 16.7 Å². The Balaban J connectivity index is 1.56. The lowest BCUT2D eigenvalue weighted by atomic mass is 10.1. The maximum absolute atomic E-state index is 11.9. The lowest BCUT2D eigenvalue weighted by Gasteiger charge is -2.05. The Morgan fingerprint density at radius 3 is 3.09 bits per heavy atom. The van der Waals surface area contributed by atoms with Gasteiger partial charge in [0.25, 0.3) is 0 Å². The molecule has 3 rings (SSSR count). The Hall–Kier alpha value is -2.75. The Bertz CT molecular complexity index is 737. The fourth-order valence-electron chi connectivity index (χ4n) is 2.51. The van der Waals surface area contributed by atoms with Crippen molar-refractivity contribution in [3.63, 3.8) is 0 Å². The minimum atomic E-state index is -0.121. The van der Waals surface area contributed by atoms with Gasteiger partial charge in [0.2, 0.25) is 5.91 Å². The van der Waals surface area contributed by atoms with Gasteiger partial charge in [0.1, 0.15) is 11.5 Å². The standard InChI is InChI=1S/C19H19NO3/c1-22-17-4-2-3-15(12-17)13-20-19(21)8-6-14-5-7-18-16(11-14)9-10-23-18/h2-8,11-12H,9-10,13H2,1H3,(H,20,21). The number of ether oxygens (including phenoxy) is 2. The summed E-state index contributed by atoms with van der Waals surface area (Å²) in [5, 5.41) is 2.87. The average Bonchev–Trinajstić information content (AvgIpc) is 3.06. The van der Waals surface area contributed by atoms with Crippen molar-refractivity contribution in [3.05, 3.63) is 65.2 Å². The molecule has 2 aromatic rings. The molecule has 0 spiro atoms. The molecule has 23 heavy (non-hydrogen) atoms. The molecule has 4 nitrogen and oxygen atoms in total. The van der Waals surface area contributed by atoms with E-state index in [4.69, 9.17) is 9.47 Å². The van der Waals surface area contributed by atoms with Crippen molar-refractivity contribution in [3.8, 4) is 11.5 Å². The lowest BCUT2D eigenvalue weighted by Crippen LogP contribution is -2.20. The van der Waals surface area contributed by atoms with Crippen LogP contribution >= 0.6 is 0 Å². The summed E-state index contributed by atoms with van der Waals surface area (Å²) >= 11 is 0. The second kappa shape index (κ2) is 7.01. The second-order valence-electron chi connectivity index (χ2n) is 5.37. The van der Waals surface area contributed by atoms with Gasteiger partial charge in [0.15, 0.2) is 0 Å². The van der Waals surface area contributed by atoms with Gasteiger partial charge >= 0.3 is 0 Å². The molecule has 0 aliphatic carbocycles. The van der Waals surface area contributed by atoms with E-state index in [-0.39, 0.29) is 5.91 Å². The number of hydrogen-bond acceptors (Lipinski definition) is 3. The van der Waals surface area contributed by atoms with Crippen LogP contribution < -0.4 is 14.8 Å².